The van der Waals surface area contributed by atoms with Gasteiger partial charge in [0, 0.05) is 19.1 Å². The molecule has 1 heterocycles. The van der Waals surface area contributed by atoms with Crippen LogP contribution < -0.4 is 0 Å². The van der Waals surface area contributed by atoms with Crippen LogP contribution in [-0.2, 0) is 9.53 Å². The lowest BCUT2D eigenvalue weighted by atomic mass is 9.83. The molecule has 4 nitrogen and oxygen atoms in total. The second kappa shape index (κ2) is 4.94. The van der Waals surface area contributed by atoms with Gasteiger partial charge >= 0.3 is 5.97 Å². The quantitative estimate of drug-likeness (QED) is 0.742. The normalized spacial score (nSPS) is 33.9. The highest BCUT2D eigenvalue weighted by Gasteiger charge is 2.35. The van der Waals surface area contributed by atoms with Crippen LogP contribution in [0.25, 0.3) is 0 Å². The monoisotopic (exact) mass is 213 g/mol. The molecule has 86 valence electrons. The van der Waals surface area contributed by atoms with Crippen molar-refractivity contribution in [2.75, 3.05) is 26.3 Å². The topological polar surface area (TPSA) is 49.8 Å². The lowest BCUT2D eigenvalue weighted by molar-refractivity contribution is -0.146. The molecule has 2 atom stereocenters. The van der Waals surface area contributed by atoms with E-state index in [1.165, 1.54) is 6.42 Å². The summed E-state index contributed by atoms with van der Waals surface area (Å²) in [6.45, 7) is 3.30. The number of carboxylic acids is 1. The van der Waals surface area contributed by atoms with E-state index in [1.54, 1.807) is 0 Å². The molecule has 2 fully saturated rings. The SMILES string of the molecule is O=C(O)C1CCCCC1N1CCOCC1. The summed E-state index contributed by atoms with van der Waals surface area (Å²) in [6.07, 6.45) is 4.12. The minimum Gasteiger partial charge on any atom is -0.481 e. The number of hydrogen-bond donors (Lipinski definition) is 1. The van der Waals surface area contributed by atoms with Crippen LogP contribution in [0, 0.1) is 5.92 Å². The molecule has 2 unspecified atom stereocenters. The van der Waals surface area contributed by atoms with Gasteiger partial charge in [-0.1, -0.05) is 12.8 Å². The first-order chi connectivity index (χ1) is 7.29. The van der Waals surface area contributed by atoms with E-state index in [0.29, 0.717) is 0 Å². The van der Waals surface area contributed by atoms with Crippen LogP contribution in [-0.4, -0.2) is 48.3 Å². The molecule has 0 aromatic carbocycles. The first kappa shape index (κ1) is 10.9. The van der Waals surface area contributed by atoms with E-state index in [2.05, 4.69) is 4.90 Å². The van der Waals surface area contributed by atoms with Crippen LogP contribution in [0.3, 0.4) is 0 Å². The van der Waals surface area contributed by atoms with Gasteiger partial charge in [-0.05, 0) is 12.8 Å². The van der Waals surface area contributed by atoms with Crippen molar-refractivity contribution in [3.05, 3.63) is 0 Å². The number of carbonyl (C=O) groups is 1. The Kier molecular flexibility index (Phi) is 3.59. The van der Waals surface area contributed by atoms with Crippen molar-refractivity contribution in [3.8, 4) is 0 Å². The number of nitrogens with zero attached hydrogens (tertiary/aromatic N) is 1. The first-order valence-corrected chi connectivity index (χ1v) is 5.83. The predicted octanol–water partition coefficient (Wildman–Crippen LogP) is 0.962. The van der Waals surface area contributed by atoms with Crippen LogP contribution >= 0.6 is 0 Å². The van der Waals surface area contributed by atoms with Crippen molar-refractivity contribution in [2.45, 2.75) is 31.7 Å². The third-order valence-electron chi connectivity index (χ3n) is 3.56. The van der Waals surface area contributed by atoms with Crippen molar-refractivity contribution in [1.29, 1.82) is 0 Å². The molecule has 0 bridgehead atoms. The second-order valence-electron chi connectivity index (χ2n) is 4.44. The zero-order chi connectivity index (χ0) is 10.7. The van der Waals surface area contributed by atoms with Gasteiger partial charge in [0.2, 0.25) is 0 Å². The Labute approximate surface area is 90.2 Å². The number of carboxylic acid groups (broad SMARTS) is 1. The highest BCUT2D eigenvalue weighted by Crippen LogP contribution is 2.29. The lowest BCUT2D eigenvalue weighted by Gasteiger charge is -2.39. The van der Waals surface area contributed by atoms with E-state index in [1.807, 2.05) is 0 Å². The van der Waals surface area contributed by atoms with Gasteiger partial charge < -0.3 is 9.84 Å². The van der Waals surface area contributed by atoms with Crippen LogP contribution in [0.5, 0.6) is 0 Å². The van der Waals surface area contributed by atoms with Gasteiger partial charge in [-0.25, -0.2) is 0 Å². The molecule has 1 saturated heterocycles. The maximum absolute atomic E-state index is 11.1. The highest BCUT2D eigenvalue weighted by molar-refractivity contribution is 5.71. The summed E-state index contributed by atoms with van der Waals surface area (Å²) in [5, 5.41) is 9.18. The summed E-state index contributed by atoms with van der Waals surface area (Å²) in [7, 11) is 0. The van der Waals surface area contributed by atoms with Crippen molar-refractivity contribution < 1.29 is 14.6 Å². The number of morpholine rings is 1. The van der Waals surface area contributed by atoms with Crippen molar-refractivity contribution >= 4 is 5.97 Å². The molecule has 4 heteroatoms. The molecule has 1 aliphatic heterocycles. The Morgan fingerprint density at radius 1 is 1.20 bits per heavy atom. The Balaban J connectivity index is 1.99. The standard InChI is InChI=1S/C11H19NO3/c13-11(14)9-3-1-2-4-10(9)12-5-7-15-8-6-12/h9-10H,1-8H2,(H,13,14). The highest BCUT2D eigenvalue weighted by atomic mass is 16.5. The Morgan fingerprint density at radius 2 is 1.87 bits per heavy atom. The van der Waals surface area contributed by atoms with Crippen LogP contribution in [0.15, 0.2) is 0 Å². The summed E-state index contributed by atoms with van der Waals surface area (Å²) < 4.78 is 5.30. The third kappa shape index (κ3) is 2.49. The molecule has 15 heavy (non-hydrogen) atoms. The Hall–Kier alpha value is -0.610. The molecule has 1 aliphatic carbocycles. The minimum absolute atomic E-state index is 0.156. The summed E-state index contributed by atoms with van der Waals surface area (Å²) in [6, 6.07) is 0.250. The first-order valence-electron chi connectivity index (χ1n) is 5.83. The number of aliphatic carboxylic acids is 1. The van der Waals surface area contributed by atoms with Crippen molar-refractivity contribution in [2.24, 2.45) is 5.92 Å². The fraction of sp³-hybridized carbons (Fsp3) is 0.909. The number of ether oxygens (including phenoxy) is 1. The van der Waals surface area contributed by atoms with Crippen LogP contribution in [0.2, 0.25) is 0 Å². The number of hydrogen-bond acceptors (Lipinski definition) is 3. The molecule has 1 saturated carbocycles. The van der Waals surface area contributed by atoms with Gasteiger partial charge in [-0.15, -0.1) is 0 Å². The van der Waals surface area contributed by atoms with E-state index in [-0.39, 0.29) is 12.0 Å². The van der Waals surface area contributed by atoms with Crippen LogP contribution in [0.1, 0.15) is 25.7 Å². The van der Waals surface area contributed by atoms with Gasteiger partial charge in [0.05, 0.1) is 19.1 Å². The number of rotatable bonds is 2. The third-order valence-corrected chi connectivity index (χ3v) is 3.56. The summed E-state index contributed by atoms with van der Waals surface area (Å²) in [5.41, 5.74) is 0. The zero-order valence-electron chi connectivity index (χ0n) is 9.02. The Morgan fingerprint density at radius 3 is 2.53 bits per heavy atom. The van der Waals surface area contributed by atoms with Crippen molar-refractivity contribution in [1.82, 2.24) is 4.90 Å². The summed E-state index contributed by atoms with van der Waals surface area (Å²) >= 11 is 0. The average Bonchev–Trinajstić information content (AvgIpc) is 2.30. The fourth-order valence-corrected chi connectivity index (χ4v) is 2.75. The molecule has 2 aliphatic rings. The van der Waals surface area contributed by atoms with Gasteiger partial charge in [0.15, 0.2) is 0 Å². The van der Waals surface area contributed by atoms with E-state index in [0.717, 1.165) is 45.6 Å². The molecule has 1 N–H and O–H groups in total. The molecule has 0 aromatic heterocycles. The Bertz CT molecular complexity index is 226. The lowest BCUT2D eigenvalue weighted by Crippen LogP contribution is -2.50. The molecule has 0 amide bonds. The maximum atomic E-state index is 11.1. The van der Waals surface area contributed by atoms with E-state index in [9.17, 15) is 9.90 Å². The van der Waals surface area contributed by atoms with Gasteiger partial charge in [0.1, 0.15) is 0 Å². The molecular weight excluding hydrogens is 194 g/mol. The van der Waals surface area contributed by atoms with Crippen molar-refractivity contribution in [3.63, 3.8) is 0 Å². The molecule has 2 rings (SSSR count). The van der Waals surface area contributed by atoms with Crippen LogP contribution in [0.4, 0.5) is 0 Å². The molecular formula is C11H19NO3. The molecule has 0 spiro atoms. The fourth-order valence-electron chi connectivity index (χ4n) is 2.75. The van der Waals surface area contributed by atoms with E-state index >= 15 is 0 Å². The summed E-state index contributed by atoms with van der Waals surface area (Å²) in [5.74, 6) is -0.775. The summed E-state index contributed by atoms with van der Waals surface area (Å²) in [4.78, 5) is 13.5. The van der Waals surface area contributed by atoms with E-state index in [4.69, 9.17) is 4.74 Å². The predicted molar refractivity (Wildman–Crippen MR) is 55.8 cm³/mol. The van der Waals surface area contributed by atoms with E-state index < -0.39 is 5.97 Å². The van der Waals surface area contributed by atoms with Gasteiger partial charge in [-0.2, -0.15) is 0 Å². The second-order valence-corrected chi connectivity index (χ2v) is 4.44. The maximum Gasteiger partial charge on any atom is 0.308 e. The van der Waals surface area contributed by atoms with Gasteiger partial charge in [0.25, 0.3) is 0 Å². The smallest absolute Gasteiger partial charge is 0.308 e. The molecule has 0 aromatic rings. The largest absolute Gasteiger partial charge is 0.481 e. The zero-order valence-corrected chi connectivity index (χ0v) is 9.02. The minimum atomic E-state index is -0.619. The average molecular weight is 213 g/mol. The van der Waals surface area contributed by atoms with Gasteiger partial charge in [-0.3, -0.25) is 9.69 Å². The molecule has 0 radical (unpaired) electrons.